The van der Waals surface area contributed by atoms with Gasteiger partial charge >= 0.3 is 12.4 Å². The highest BCUT2D eigenvalue weighted by Crippen LogP contribution is 2.40. The molecule has 0 fully saturated rings. The van der Waals surface area contributed by atoms with Gasteiger partial charge < -0.3 is 10.5 Å². The standard InChI is InChI=1S/C23H25F6NO2/c1-16-5-7-17(8-6-16)20(31)15-21(30,23(27,28)29)18-9-11-19(12-10-18)32-14-4-2-3-13-22(24,25)26/h5-12H,2-4,13-15,30H2,1H3/t21-/m0/s1. The summed E-state index contributed by atoms with van der Waals surface area (Å²) in [5.74, 6) is -0.469. The van der Waals surface area contributed by atoms with Gasteiger partial charge in [-0.1, -0.05) is 42.0 Å². The summed E-state index contributed by atoms with van der Waals surface area (Å²) in [6.45, 7) is 1.93. The quantitative estimate of drug-likeness (QED) is 0.250. The van der Waals surface area contributed by atoms with Crippen LogP contribution in [0.1, 0.15) is 53.6 Å². The monoisotopic (exact) mass is 461 g/mol. The van der Waals surface area contributed by atoms with Gasteiger partial charge in [0.2, 0.25) is 0 Å². The molecule has 1 atom stereocenters. The maximum absolute atomic E-state index is 13.8. The first-order valence-corrected chi connectivity index (χ1v) is 10.1. The van der Waals surface area contributed by atoms with Crippen LogP contribution in [0.4, 0.5) is 26.3 Å². The van der Waals surface area contributed by atoms with Crippen LogP contribution in [0.3, 0.4) is 0 Å². The normalized spacial score (nSPS) is 14.1. The van der Waals surface area contributed by atoms with Crippen molar-refractivity contribution >= 4 is 5.78 Å². The summed E-state index contributed by atoms with van der Waals surface area (Å²) in [5.41, 5.74) is 3.56. The first kappa shape index (κ1) is 25.7. The van der Waals surface area contributed by atoms with Crippen molar-refractivity contribution in [2.75, 3.05) is 6.61 Å². The summed E-state index contributed by atoms with van der Waals surface area (Å²) in [6.07, 6.45) is -10.2. The van der Waals surface area contributed by atoms with Crippen LogP contribution in [0.25, 0.3) is 0 Å². The second-order valence-corrected chi connectivity index (χ2v) is 7.73. The van der Waals surface area contributed by atoms with E-state index in [2.05, 4.69) is 0 Å². The molecule has 9 heteroatoms. The molecule has 0 aliphatic rings. The second-order valence-electron chi connectivity index (χ2n) is 7.73. The molecular formula is C23H25F6NO2. The van der Waals surface area contributed by atoms with Gasteiger partial charge in [0.1, 0.15) is 11.3 Å². The van der Waals surface area contributed by atoms with Crippen molar-refractivity contribution in [2.24, 2.45) is 5.73 Å². The van der Waals surface area contributed by atoms with E-state index in [1.54, 1.807) is 19.1 Å². The number of carbonyl (C=O) groups excluding carboxylic acids is 1. The third-order valence-electron chi connectivity index (χ3n) is 5.06. The van der Waals surface area contributed by atoms with Crippen LogP contribution in [0.5, 0.6) is 5.75 Å². The molecule has 0 heterocycles. The molecule has 2 N–H and O–H groups in total. The van der Waals surface area contributed by atoms with Crippen LogP contribution in [0, 0.1) is 6.92 Å². The largest absolute Gasteiger partial charge is 0.494 e. The van der Waals surface area contributed by atoms with Gasteiger partial charge in [0, 0.05) is 18.4 Å². The van der Waals surface area contributed by atoms with E-state index in [-0.39, 0.29) is 29.9 Å². The topological polar surface area (TPSA) is 52.3 Å². The van der Waals surface area contributed by atoms with Gasteiger partial charge in [0.25, 0.3) is 0 Å². The SMILES string of the molecule is Cc1ccc(C(=O)C[C@](N)(c2ccc(OCCCCCC(F)(F)F)cc2)C(F)(F)F)cc1. The maximum atomic E-state index is 13.8. The predicted octanol–water partition coefficient (Wildman–Crippen LogP) is 6.49. The number of ether oxygens (including phenoxy) is 1. The zero-order valence-electron chi connectivity index (χ0n) is 17.5. The summed E-state index contributed by atoms with van der Waals surface area (Å²) >= 11 is 0. The Morgan fingerprint density at radius 2 is 1.47 bits per heavy atom. The molecule has 0 bridgehead atoms. The number of benzene rings is 2. The molecule has 0 amide bonds. The molecule has 0 aliphatic carbocycles. The first-order valence-electron chi connectivity index (χ1n) is 10.1. The number of carbonyl (C=O) groups is 1. The van der Waals surface area contributed by atoms with E-state index in [1.165, 1.54) is 24.3 Å². The summed E-state index contributed by atoms with van der Waals surface area (Å²) < 4.78 is 83.2. The second kappa shape index (κ2) is 10.4. The Labute approximate surface area is 182 Å². The minimum atomic E-state index is -4.88. The molecule has 3 nitrogen and oxygen atoms in total. The number of hydrogen-bond donors (Lipinski definition) is 1. The van der Waals surface area contributed by atoms with Crippen molar-refractivity contribution in [1.82, 2.24) is 0 Å². The molecule has 0 spiro atoms. The maximum Gasteiger partial charge on any atom is 0.411 e. The fourth-order valence-electron chi connectivity index (χ4n) is 3.10. The molecule has 0 saturated carbocycles. The number of ketones is 1. The smallest absolute Gasteiger partial charge is 0.411 e. The minimum Gasteiger partial charge on any atom is -0.494 e. The Bertz CT molecular complexity index is 875. The average Bonchev–Trinajstić information content (AvgIpc) is 2.69. The molecule has 0 radical (unpaired) electrons. The van der Waals surface area contributed by atoms with E-state index < -0.39 is 36.5 Å². The van der Waals surface area contributed by atoms with Gasteiger partial charge in [0.15, 0.2) is 5.78 Å². The van der Waals surface area contributed by atoms with Crippen molar-refractivity contribution in [1.29, 1.82) is 0 Å². The Hall–Kier alpha value is -2.55. The number of Topliss-reactive ketones (excluding diaryl/α,β-unsaturated/α-hetero) is 1. The van der Waals surface area contributed by atoms with Crippen LogP contribution >= 0.6 is 0 Å². The van der Waals surface area contributed by atoms with Crippen molar-refractivity contribution in [3.8, 4) is 5.75 Å². The Morgan fingerprint density at radius 3 is 2.00 bits per heavy atom. The molecular weight excluding hydrogens is 436 g/mol. The highest BCUT2D eigenvalue weighted by molar-refractivity contribution is 5.97. The van der Waals surface area contributed by atoms with Crippen molar-refractivity contribution in [3.05, 3.63) is 65.2 Å². The Balaban J connectivity index is 2.02. The van der Waals surface area contributed by atoms with Gasteiger partial charge in [-0.2, -0.15) is 26.3 Å². The van der Waals surface area contributed by atoms with Gasteiger partial charge in [0.05, 0.1) is 6.61 Å². The molecule has 2 aromatic rings. The van der Waals surface area contributed by atoms with E-state index in [9.17, 15) is 31.1 Å². The number of unbranched alkanes of at least 4 members (excludes halogenated alkanes) is 2. The van der Waals surface area contributed by atoms with E-state index in [4.69, 9.17) is 10.5 Å². The van der Waals surface area contributed by atoms with Crippen LogP contribution < -0.4 is 10.5 Å². The number of nitrogens with two attached hydrogens (primary N) is 1. The molecule has 0 aromatic heterocycles. The number of halogens is 6. The van der Waals surface area contributed by atoms with Gasteiger partial charge in [-0.25, -0.2) is 0 Å². The zero-order valence-corrected chi connectivity index (χ0v) is 17.5. The van der Waals surface area contributed by atoms with Crippen molar-refractivity contribution < 1.29 is 35.9 Å². The molecule has 0 saturated heterocycles. The Morgan fingerprint density at radius 1 is 0.875 bits per heavy atom. The lowest BCUT2D eigenvalue weighted by atomic mass is 9.83. The van der Waals surface area contributed by atoms with E-state index in [0.717, 1.165) is 17.7 Å². The van der Waals surface area contributed by atoms with Crippen LogP contribution in [0.2, 0.25) is 0 Å². The van der Waals surface area contributed by atoms with Gasteiger partial charge in [-0.05, 0) is 43.9 Å². The van der Waals surface area contributed by atoms with E-state index in [1.807, 2.05) is 0 Å². The summed E-state index contributed by atoms with van der Waals surface area (Å²) in [6, 6.07) is 11.1. The van der Waals surface area contributed by atoms with Crippen molar-refractivity contribution in [3.63, 3.8) is 0 Å². The third kappa shape index (κ3) is 7.25. The Kier molecular flexibility index (Phi) is 8.34. The third-order valence-corrected chi connectivity index (χ3v) is 5.06. The highest BCUT2D eigenvalue weighted by Gasteiger charge is 2.54. The van der Waals surface area contributed by atoms with Crippen LogP contribution in [-0.2, 0) is 5.54 Å². The fraction of sp³-hybridized carbons (Fsp3) is 0.435. The zero-order chi connectivity index (χ0) is 24.0. The molecule has 2 aromatic carbocycles. The van der Waals surface area contributed by atoms with E-state index >= 15 is 0 Å². The molecule has 2 rings (SSSR count). The number of rotatable bonds is 10. The predicted molar refractivity (Wildman–Crippen MR) is 109 cm³/mol. The summed E-state index contributed by atoms with van der Waals surface area (Å²) in [7, 11) is 0. The fourth-order valence-corrected chi connectivity index (χ4v) is 3.10. The van der Waals surface area contributed by atoms with E-state index in [0.29, 0.717) is 12.8 Å². The highest BCUT2D eigenvalue weighted by atomic mass is 19.4. The lowest BCUT2D eigenvalue weighted by molar-refractivity contribution is -0.188. The number of hydrogen-bond acceptors (Lipinski definition) is 3. The summed E-state index contributed by atoms with van der Waals surface area (Å²) in [5, 5.41) is 0. The minimum absolute atomic E-state index is 0.0118. The van der Waals surface area contributed by atoms with Crippen LogP contribution in [0.15, 0.2) is 48.5 Å². The van der Waals surface area contributed by atoms with Crippen molar-refractivity contribution in [2.45, 2.75) is 56.9 Å². The van der Waals surface area contributed by atoms with Gasteiger partial charge in [-0.15, -0.1) is 0 Å². The molecule has 32 heavy (non-hydrogen) atoms. The van der Waals surface area contributed by atoms with Crippen LogP contribution in [-0.4, -0.2) is 24.7 Å². The van der Waals surface area contributed by atoms with Gasteiger partial charge in [-0.3, -0.25) is 4.79 Å². The molecule has 0 aliphatic heterocycles. The lowest BCUT2D eigenvalue weighted by Crippen LogP contribution is -2.51. The number of alkyl halides is 6. The summed E-state index contributed by atoms with van der Waals surface area (Å²) in [4.78, 5) is 12.5. The lowest BCUT2D eigenvalue weighted by Gasteiger charge is -2.32. The first-order chi connectivity index (χ1) is 14.8. The molecule has 176 valence electrons. The average molecular weight is 461 g/mol. The number of aryl methyl sites for hydroxylation is 1. The molecule has 0 unspecified atom stereocenters.